The van der Waals surface area contributed by atoms with Gasteiger partial charge in [0.2, 0.25) is 0 Å². The van der Waals surface area contributed by atoms with E-state index in [9.17, 15) is 0 Å². The number of para-hydroxylation sites is 3. The smallest absolute Gasteiger partial charge is 0.149 e. The Bertz CT molecular complexity index is 2630. The maximum Gasteiger partial charge on any atom is 0.149 e. The minimum Gasteiger partial charge on any atom is -0.455 e. The van der Waals surface area contributed by atoms with Crippen molar-refractivity contribution in [1.82, 2.24) is 14.5 Å². The van der Waals surface area contributed by atoms with Crippen molar-refractivity contribution < 1.29 is 4.42 Å². The van der Waals surface area contributed by atoms with Gasteiger partial charge in [-0.3, -0.25) is 9.55 Å². The van der Waals surface area contributed by atoms with Gasteiger partial charge >= 0.3 is 0 Å². The van der Waals surface area contributed by atoms with E-state index in [1.807, 2.05) is 6.20 Å². The van der Waals surface area contributed by atoms with Gasteiger partial charge in [-0.1, -0.05) is 150 Å². The largest absolute Gasteiger partial charge is 0.455 e. The van der Waals surface area contributed by atoms with E-state index in [0.29, 0.717) is 0 Å². The van der Waals surface area contributed by atoms with Gasteiger partial charge < -0.3 is 4.42 Å². The summed E-state index contributed by atoms with van der Waals surface area (Å²) < 4.78 is 9.34. The van der Waals surface area contributed by atoms with Crippen molar-refractivity contribution in [3.63, 3.8) is 0 Å². The fourth-order valence-corrected chi connectivity index (χ4v) is 10.2. The molecule has 0 N–H and O–H groups in total. The van der Waals surface area contributed by atoms with Crippen molar-refractivity contribution >= 4 is 59.5 Å². The van der Waals surface area contributed by atoms with Gasteiger partial charge in [0.05, 0.1) is 44.1 Å². The van der Waals surface area contributed by atoms with Gasteiger partial charge in [-0.05, 0) is 64.4 Å². The van der Waals surface area contributed by atoms with Crippen LogP contribution >= 0.6 is 0 Å². The van der Waals surface area contributed by atoms with Gasteiger partial charge in [-0.25, -0.2) is 4.98 Å². The third-order valence-electron chi connectivity index (χ3n) is 10.9. The molecule has 0 saturated carbocycles. The van der Waals surface area contributed by atoms with E-state index in [0.717, 1.165) is 50.1 Å². The zero-order valence-electron chi connectivity index (χ0n) is 33.4. The molecule has 0 spiro atoms. The van der Waals surface area contributed by atoms with Crippen LogP contribution in [0.4, 0.5) is 0 Å². The van der Waals surface area contributed by atoms with E-state index < -0.39 is 16.1 Å². The van der Waals surface area contributed by atoms with Crippen LogP contribution in [0.2, 0.25) is 39.3 Å². The number of imidazole rings is 1. The third kappa shape index (κ3) is 6.35. The molecule has 0 fully saturated rings. The highest BCUT2D eigenvalue weighted by Gasteiger charge is 2.27. The van der Waals surface area contributed by atoms with E-state index >= 15 is 0 Å². The Morgan fingerprint density at radius 1 is 0.593 bits per heavy atom. The molecule has 3 heterocycles. The molecular weight excluding hydrogens is 691 g/mol. The molecule has 4 nitrogen and oxygen atoms in total. The summed E-state index contributed by atoms with van der Waals surface area (Å²) in [6.45, 7) is 23.8. The van der Waals surface area contributed by atoms with Crippen LogP contribution in [0.1, 0.15) is 50.7 Å². The van der Waals surface area contributed by atoms with Crippen molar-refractivity contribution in [2.24, 2.45) is 0 Å². The second-order valence-corrected chi connectivity index (χ2v) is 27.7. The van der Waals surface area contributed by atoms with E-state index in [1.165, 1.54) is 43.9 Å². The second kappa shape index (κ2) is 13.4. The van der Waals surface area contributed by atoms with Crippen LogP contribution in [0, 0.1) is 0 Å². The van der Waals surface area contributed by atoms with Gasteiger partial charge in [-0.15, -0.1) is 0 Å². The molecule has 54 heavy (non-hydrogen) atoms. The molecule has 0 bridgehead atoms. The molecule has 0 aliphatic heterocycles. The summed E-state index contributed by atoms with van der Waals surface area (Å²) in [5, 5.41) is 5.02. The molecule has 8 rings (SSSR count). The maximum absolute atomic E-state index is 6.94. The standard InChI is InChI=1S/C48H51N3OSi2/c1-30(2)39-25-33(32-17-12-11-13-18-32)26-40(31(3)4)46(39)51-44-22-15-14-21-42(44)50-48(51)38-20-16-19-37-41-29-49-43(28-45(41)52-47(37)38)34-23-35(53(5,6)7)27-36(24-34)54(8,9)10/h11-31H,1-10H3. The monoisotopic (exact) mass is 741 g/mol. The number of aromatic nitrogens is 3. The highest BCUT2D eigenvalue weighted by atomic mass is 28.3. The third-order valence-corrected chi connectivity index (χ3v) is 14.9. The Morgan fingerprint density at radius 3 is 1.85 bits per heavy atom. The molecule has 6 heteroatoms. The Hall–Kier alpha value is -5.05. The Kier molecular flexibility index (Phi) is 8.90. The molecule has 0 unspecified atom stereocenters. The predicted octanol–water partition coefficient (Wildman–Crippen LogP) is 12.7. The summed E-state index contributed by atoms with van der Waals surface area (Å²) in [6.07, 6.45) is 2.01. The quantitative estimate of drug-likeness (QED) is 0.146. The first-order valence-corrected chi connectivity index (χ1v) is 26.4. The number of rotatable bonds is 8. The first-order chi connectivity index (χ1) is 25.7. The number of nitrogens with zero attached hydrogens (tertiary/aromatic N) is 3. The van der Waals surface area contributed by atoms with Crippen molar-refractivity contribution in [3.05, 3.63) is 127 Å². The summed E-state index contributed by atoms with van der Waals surface area (Å²) in [4.78, 5) is 10.5. The molecular formula is C48H51N3OSi2. The van der Waals surface area contributed by atoms with Gasteiger partial charge in [-0.2, -0.15) is 0 Å². The Morgan fingerprint density at radius 2 is 1.22 bits per heavy atom. The highest BCUT2D eigenvalue weighted by molar-refractivity contribution is 6.91. The minimum absolute atomic E-state index is 0.280. The van der Waals surface area contributed by atoms with E-state index in [-0.39, 0.29) is 11.8 Å². The number of hydrogen-bond acceptors (Lipinski definition) is 3. The molecule has 0 atom stereocenters. The van der Waals surface area contributed by atoms with Gasteiger partial charge in [0, 0.05) is 28.6 Å². The highest BCUT2D eigenvalue weighted by Crippen LogP contribution is 2.42. The average Bonchev–Trinajstić information content (AvgIpc) is 3.72. The van der Waals surface area contributed by atoms with Crippen LogP contribution in [-0.4, -0.2) is 30.7 Å². The van der Waals surface area contributed by atoms with Gasteiger partial charge in [0.15, 0.2) is 0 Å². The lowest BCUT2D eigenvalue weighted by atomic mass is 9.88. The van der Waals surface area contributed by atoms with Crippen LogP contribution in [0.5, 0.6) is 0 Å². The molecule has 0 aliphatic carbocycles. The summed E-state index contributed by atoms with van der Waals surface area (Å²) in [5.74, 6) is 1.44. The van der Waals surface area contributed by atoms with E-state index in [1.54, 1.807) is 0 Å². The van der Waals surface area contributed by atoms with Crippen molar-refractivity contribution in [2.75, 3.05) is 0 Å². The number of furan rings is 1. The van der Waals surface area contributed by atoms with Crippen LogP contribution in [0.3, 0.4) is 0 Å². The van der Waals surface area contributed by atoms with Gasteiger partial charge in [0.25, 0.3) is 0 Å². The Labute approximate surface area is 321 Å². The van der Waals surface area contributed by atoms with Crippen LogP contribution < -0.4 is 10.4 Å². The molecule has 5 aromatic carbocycles. The fraction of sp³-hybridized carbons (Fsp3) is 0.250. The summed E-state index contributed by atoms with van der Waals surface area (Å²) in [5.41, 5.74) is 13.1. The predicted molar refractivity (Wildman–Crippen MR) is 237 cm³/mol. The minimum atomic E-state index is -1.56. The number of hydrogen-bond donors (Lipinski definition) is 0. The second-order valence-electron chi connectivity index (χ2n) is 17.6. The lowest BCUT2D eigenvalue weighted by Crippen LogP contribution is -2.45. The first kappa shape index (κ1) is 36.0. The zero-order valence-corrected chi connectivity index (χ0v) is 35.4. The van der Waals surface area contributed by atoms with E-state index in [4.69, 9.17) is 14.4 Å². The molecule has 3 aromatic heterocycles. The number of fused-ring (bicyclic) bond motifs is 4. The lowest BCUT2D eigenvalue weighted by molar-refractivity contribution is 0.669. The molecule has 0 aliphatic rings. The van der Waals surface area contributed by atoms with Gasteiger partial charge in [0.1, 0.15) is 17.0 Å². The molecule has 8 aromatic rings. The molecule has 272 valence electrons. The van der Waals surface area contributed by atoms with Crippen LogP contribution in [0.25, 0.3) is 72.4 Å². The number of pyridine rings is 1. The van der Waals surface area contributed by atoms with E-state index in [2.05, 4.69) is 181 Å². The SMILES string of the molecule is CC(C)c1cc(-c2ccccc2)cc(C(C)C)c1-n1c(-c2cccc3c2oc2cc(-c4cc([Si](C)(C)C)cc([Si](C)(C)C)c4)ncc23)nc2ccccc21. The Balaban J connectivity index is 1.37. The van der Waals surface area contributed by atoms with Crippen molar-refractivity contribution in [3.8, 4) is 39.5 Å². The average molecular weight is 742 g/mol. The summed E-state index contributed by atoms with van der Waals surface area (Å²) in [6, 6.07) is 39.9. The summed E-state index contributed by atoms with van der Waals surface area (Å²) >= 11 is 0. The van der Waals surface area contributed by atoms with Crippen LogP contribution in [-0.2, 0) is 0 Å². The summed E-state index contributed by atoms with van der Waals surface area (Å²) in [7, 11) is -3.12. The van der Waals surface area contributed by atoms with Crippen molar-refractivity contribution in [2.45, 2.75) is 78.8 Å². The van der Waals surface area contributed by atoms with Crippen molar-refractivity contribution in [1.29, 1.82) is 0 Å². The van der Waals surface area contributed by atoms with Crippen LogP contribution in [0.15, 0.2) is 120 Å². The molecule has 0 radical (unpaired) electrons. The normalized spacial score (nSPS) is 12.6. The first-order valence-electron chi connectivity index (χ1n) is 19.4. The maximum atomic E-state index is 6.94. The fourth-order valence-electron chi connectivity index (χ4n) is 7.72. The lowest BCUT2D eigenvalue weighted by Gasteiger charge is -2.24. The topological polar surface area (TPSA) is 43.9 Å². The number of benzene rings is 5. The zero-order chi connectivity index (χ0) is 38.1. The molecule has 0 saturated heterocycles. The molecule has 0 amide bonds.